The van der Waals surface area contributed by atoms with Crippen molar-refractivity contribution in [2.24, 2.45) is 23.2 Å². The molecule has 0 amide bonds. The van der Waals surface area contributed by atoms with Crippen LogP contribution in [0.3, 0.4) is 0 Å². The molecule has 3 aromatic rings. The number of rotatable bonds is 7. The van der Waals surface area contributed by atoms with Gasteiger partial charge in [0.05, 0.1) is 16.8 Å². The molecule has 3 aliphatic carbocycles. The smallest absolute Gasteiger partial charge is 0.344 e. The van der Waals surface area contributed by atoms with Crippen LogP contribution in [0, 0.1) is 37.0 Å². The van der Waals surface area contributed by atoms with E-state index in [1.165, 1.54) is 14.7 Å². The molecule has 0 N–H and O–H groups in total. The number of hydrogen-bond donors (Lipinski definition) is 0. The van der Waals surface area contributed by atoms with Crippen molar-refractivity contribution in [1.29, 1.82) is 0 Å². The van der Waals surface area contributed by atoms with E-state index in [4.69, 9.17) is 14.2 Å². The molecule has 1 aliphatic heterocycles. The molecule has 7 rings (SSSR count). The van der Waals surface area contributed by atoms with Gasteiger partial charge in [-0.3, -0.25) is 4.79 Å². The molecule has 1 saturated heterocycles. The fraction of sp³-hybridized carbons (Fsp3) is 0.394. The van der Waals surface area contributed by atoms with E-state index in [2.05, 4.69) is 60.7 Å². The van der Waals surface area contributed by atoms with E-state index >= 15 is 0 Å². The lowest BCUT2D eigenvalue weighted by atomic mass is 9.50. The van der Waals surface area contributed by atoms with Gasteiger partial charge >= 0.3 is 11.9 Å². The minimum Gasteiger partial charge on any atom is -0.481 e. The van der Waals surface area contributed by atoms with E-state index in [0.717, 1.165) is 36.8 Å². The third kappa shape index (κ3) is 4.07. The molecule has 1 spiro atoms. The Morgan fingerprint density at radius 3 is 2.21 bits per heavy atom. The standard InChI is InChI=1S/C33H33O5S/c1-20-13-26(39(24-9-5-3-6-10-24)25-11-7-4-8-12-25)14-21(2)30(20)36-19-29(34)38-31-22-15-23-16-27-32(35)37-28(31)18-33(23,27)17-22/h3-14,22-23,27-28,31H,15-19H2,1-2H3/q+1. The summed E-state index contributed by atoms with van der Waals surface area (Å²) in [6.45, 7) is 3.90. The predicted octanol–water partition coefficient (Wildman–Crippen LogP) is 6.05. The molecule has 3 saturated carbocycles. The van der Waals surface area contributed by atoms with Gasteiger partial charge in [0.1, 0.15) is 18.0 Å². The molecule has 5 nitrogen and oxygen atoms in total. The quantitative estimate of drug-likeness (QED) is 0.269. The summed E-state index contributed by atoms with van der Waals surface area (Å²) < 4.78 is 17.8. The molecule has 6 atom stereocenters. The van der Waals surface area contributed by atoms with Crippen molar-refractivity contribution in [3.63, 3.8) is 0 Å². The molecule has 0 radical (unpaired) electrons. The first-order valence-corrected chi connectivity index (χ1v) is 15.1. The Labute approximate surface area is 232 Å². The van der Waals surface area contributed by atoms with Crippen molar-refractivity contribution in [2.75, 3.05) is 6.61 Å². The number of hydrogen-bond acceptors (Lipinski definition) is 5. The number of carbonyl (C=O) groups is 2. The Kier molecular flexibility index (Phi) is 6.00. The summed E-state index contributed by atoms with van der Waals surface area (Å²) in [6, 6.07) is 25.4. The van der Waals surface area contributed by atoms with E-state index in [9.17, 15) is 9.59 Å². The lowest BCUT2D eigenvalue weighted by molar-refractivity contribution is -0.221. The number of fused-ring (bicyclic) bond motifs is 2. The van der Waals surface area contributed by atoms with Crippen LogP contribution in [0.4, 0.5) is 0 Å². The van der Waals surface area contributed by atoms with Crippen LogP contribution in [0.15, 0.2) is 87.5 Å². The second kappa shape index (κ2) is 9.44. The number of benzene rings is 3. The lowest BCUT2D eigenvalue weighted by Crippen LogP contribution is -2.60. The number of esters is 2. The maximum Gasteiger partial charge on any atom is 0.344 e. The Balaban J connectivity index is 1.07. The van der Waals surface area contributed by atoms with Crippen LogP contribution in [0.5, 0.6) is 5.75 Å². The fourth-order valence-corrected chi connectivity index (χ4v) is 10.1. The van der Waals surface area contributed by atoms with Crippen LogP contribution in [-0.4, -0.2) is 30.8 Å². The van der Waals surface area contributed by atoms with E-state index in [0.29, 0.717) is 11.7 Å². The van der Waals surface area contributed by atoms with Crippen molar-refractivity contribution in [3.8, 4) is 5.75 Å². The molecule has 1 heterocycles. The summed E-state index contributed by atoms with van der Waals surface area (Å²) in [4.78, 5) is 29.2. The number of ether oxygens (including phenoxy) is 3. The SMILES string of the molecule is Cc1cc([S+](c2ccccc2)c2ccccc2)cc(C)c1OCC(=O)OC1C2CC3CC4C(=O)OC1CC34C2. The summed E-state index contributed by atoms with van der Waals surface area (Å²) in [5, 5.41) is 0. The second-order valence-electron chi connectivity index (χ2n) is 11.7. The fourth-order valence-electron chi connectivity index (χ4n) is 7.83. The summed E-state index contributed by atoms with van der Waals surface area (Å²) in [7, 11) is -0.257. The molecule has 3 bridgehead atoms. The summed E-state index contributed by atoms with van der Waals surface area (Å²) in [5.41, 5.74) is 2.10. The average Bonchev–Trinajstić information content (AvgIpc) is 3.16. The van der Waals surface area contributed by atoms with Crippen LogP contribution in [0.1, 0.15) is 36.8 Å². The Hall–Kier alpha value is -3.25. The monoisotopic (exact) mass is 541 g/mol. The minimum absolute atomic E-state index is 0.0710. The zero-order chi connectivity index (χ0) is 26.7. The maximum absolute atomic E-state index is 13.0. The summed E-state index contributed by atoms with van der Waals surface area (Å²) >= 11 is 0. The van der Waals surface area contributed by atoms with Crippen molar-refractivity contribution >= 4 is 22.8 Å². The van der Waals surface area contributed by atoms with Crippen molar-refractivity contribution in [2.45, 2.75) is 66.4 Å². The van der Waals surface area contributed by atoms with Gasteiger partial charge in [-0.25, -0.2) is 4.79 Å². The van der Waals surface area contributed by atoms with Gasteiger partial charge in [-0.1, -0.05) is 36.4 Å². The van der Waals surface area contributed by atoms with Gasteiger partial charge in [0.2, 0.25) is 0 Å². The Morgan fingerprint density at radius 1 is 0.923 bits per heavy atom. The largest absolute Gasteiger partial charge is 0.481 e. The van der Waals surface area contributed by atoms with E-state index < -0.39 is 5.97 Å². The zero-order valence-electron chi connectivity index (χ0n) is 22.3. The third-order valence-electron chi connectivity index (χ3n) is 9.45. The van der Waals surface area contributed by atoms with Gasteiger partial charge in [0, 0.05) is 18.1 Å². The summed E-state index contributed by atoms with van der Waals surface area (Å²) in [5.74, 6) is 1.17. The van der Waals surface area contributed by atoms with Gasteiger partial charge in [0.25, 0.3) is 0 Å². The molecule has 6 unspecified atom stereocenters. The molecule has 200 valence electrons. The van der Waals surface area contributed by atoms with Crippen LogP contribution in [-0.2, 0) is 30.0 Å². The molecule has 6 heteroatoms. The van der Waals surface area contributed by atoms with Crippen molar-refractivity contribution in [3.05, 3.63) is 83.9 Å². The van der Waals surface area contributed by atoms with Crippen molar-refractivity contribution < 1.29 is 23.8 Å². The van der Waals surface area contributed by atoms with E-state index in [1.807, 2.05) is 26.0 Å². The molecule has 4 fully saturated rings. The maximum atomic E-state index is 13.0. The van der Waals surface area contributed by atoms with Crippen LogP contribution < -0.4 is 4.74 Å². The average molecular weight is 542 g/mol. The third-order valence-corrected chi connectivity index (χ3v) is 11.6. The number of carbonyl (C=O) groups excluding carboxylic acids is 2. The molecule has 3 aromatic carbocycles. The second-order valence-corrected chi connectivity index (χ2v) is 13.7. The highest BCUT2D eigenvalue weighted by molar-refractivity contribution is 7.97. The molecule has 0 aromatic heterocycles. The lowest BCUT2D eigenvalue weighted by Gasteiger charge is -2.57. The predicted molar refractivity (Wildman–Crippen MR) is 148 cm³/mol. The highest BCUT2D eigenvalue weighted by Gasteiger charge is 2.71. The van der Waals surface area contributed by atoms with Crippen LogP contribution in [0.25, 0.3) is 0 Å². The van der Waals surface area contributed by atoms with Gasteiger partial charge in [-0.05, 0) is 86.3 Å². The summed E-state index contributed by atoms with van der Waals surface area (Å²) in [6.07, 6.45) is 3.14. The van der Waals surface area contributed by atoms with E-state index in [1.54, 1.807) is 0 Å². The highest BCUT2D eigenvalue weighted by Crippen LogP contribution is 2.71. The first-order valence-electron chi connectivity index (χ1n) is 13.9. The number of aryl methyl sites for hydroxylation is 2. The van der Waals surface area contributed by atoms with E-state index in [-0.39, 0.29) is 52.9 Å². The molecular weight excluding hydrogens is 508 g/mol. The first-order chi connectivity index (χ1) is 18.9. The Morgan fingerprint density at radius 2 is 1.56 bits per heavy atom. The van der Waals surface area contributed by atoms with Crippen LogP contribution >= 0.6 is 0 Å². The molecular formula is C33H33O5S+. The van der Waals surface area contributed by atoms with Gasteiger partial charge in [-0.2, -0.15) is 0 Å². The normalized spacial score (nSPS) is 29.9. The Bertz CT molecular complexity index is 1360. The van der Waals surface area contributed by atoms with Gasteiger partial charge in [0.15, 0.2) is 21.3 Å². The van der Waals surface area contributed by atoms with Crippen LogP contribution in [0.2, 0.25) is 0 Å². The molecule has 4 aliphatic rings. The van der Waals surface area contributed by atoms with Gasteiger partial charge < -0.3 is 14.2 Å². The highest BCUT2D eigenvalue weighted by atomic mass is 32.2. The van der Waals surface area contributed by atoms with Crippen molar-refractivity contribution in [1.82, 2.24) is 0 Å². The minimum atomic E-state index is -0.399. The topological polar surface area (TPSA) is 61.8 Å². The first kappa shape index (κ1) is 24.8. The zero-order valence-corrected chi connectivity index (χ0v) is 23.1. The molecule has 39 heavy (non-hydrogen) atoms. The van der Waals surface area contributed by atoms with Gasteiger partial charge in [-0.15, -0.1) is 0 Å².